The van der Waals surface area contributed by atoms with Crippen molar-refractivity contribution in [3.8, 4) is 0 Å². The number of rotatable bonds is 5. The Labute approximate surface area is 140 Å². The minimum atomic E-state index is -3.75. The summed E-state index contributed by atoms with van der Waals surface area (Å²) in [6, 6.07) is 3.18. The molecule has 6 nitrogen and oxygen atoms in total. The maximum absolute atomic E-state index is 12.5. The van der Waals surface area contributed by atoms with Crippen LogP contribution >= 0.6 is 31.9 Å². The minimum absolute atomic E-state index is 0.0240. The minimum Gasteiger partial charge on any atom is -0.398 e. The van der Waals surface area contributed by atoms with E-state index in [9.17, 15) is 8.42 Å². The third-order valence-corrected chi connectivity index (χ3v) is 6.25. The van der Waals surface area contributed by atoms with Crippen LogP contribution in [-0.2, 0) is 19.5 Å². The number of halogens is 2. The third-order valence-electron chi connectivity index (χ3n) is 3.39. The lowest BCUT2D eigenvalue weighted by Gasteiger charge is -2.26. The second-order valence-corrected chi connectivity index (χ2v) is 8.29. The fourth-order valence-electron chi connectivity index (χ4n) is 2.12. The van der Waals surface area contributed by atoms with E-state index in [4.69, 9.17) is 15.2 Å². The summed E-state index contributed by atoms with van der Waals surface area (Å²) in [7, 11) is -2.20. The second kappa shape index (κ2) is 6.51. The Kier molecular flexibility index (Phi) is 5.32. The zero-order valence-electron chi connectivity index (χ0n) is 11.4. The Balaban J connectivity index is 2.23. The number of nitrogens with two attached hydrogens (primary N) is 1. The van der Waals surface area contributed by atoms with Gasteiger partial charge in [0, 0.05) is 35.6 Å². The van der Waals surface area contributed by atoms with Crippen LogP contribution < -0.4 is 10.5 Å². The molecular formula is C12H16Br2N2O4S. The molecule has 21 heavy (non-hydrogen) atoms. The van der Waals surface area contributed by atoms with Crippen LogP contribution in [-0.4, -0.2) is 40.9 Å². The van der Waals surface area contributed by atoms with Crippen LogP contribution in [0.3, 0.4) is 0 Å². The first-order chi connectivity index (χ1) is 9.80. The van der Waals surface area contributed by atoms with E-state index in [1.807, 2.05) is 0 Å². The van der Waals surface area contributed by atoms with Crippen molar-refractivity contribution in [3.05, 3.63) is 21.1 Å². The molecule has 0 aromatic heterocycles. The van der Waals surface area contributed by atoms with E-state index in [2.05, 4.69) is 36.6 Å². The Morgan fingerprint density at radius 2 is 2.19 bits per heavy atom. The van der Waals surface area contributed by atoms with Gasteiger partial charge < -0.3 is 15.2 Å². The molecule has 1 aromatic carbocycles. The predicted octanol–water partition coefficient (Wildman–Crippen LogP) is 1.88. The molecule has 1 aromatic rings. The summed E-state index contributed by atoms with van der Waals surface area (Å²) in [5.74, 6) is 0. The molecule has 0 amide bonds. The molecule has 2 rings (SSSR count). The highest BCUT2D eigenvalue weighted by Crippen LogP contribution is 2.32. The number of benzene rings is 1. The van der Waals surface area contributed by atoms with Crippen molar-refractivity contribution in [2.24, 2.45) is 0 Å². The van der Waals surface area contributed by atoms with Gasteiger partial charge in [0.1, 0.15) is 10.5 Å². The number of anilines is 1. The Morgan fingerprint density at radius 1 is 1.48 bits per heavy atom. The largest absolute Gasteiger partial charge is 0.398 e. The van der Waals surface area contributed by atoms with Crippen LogP contribution in [0.2, 0.25) is 0 Å². The molecule has 0 saturated carbocycles. The maximum atomic E-state index is 12.5. The van der Waals surface area contributed by atoms with Gasteiger partial charge in [0.15, 0.2) is 0 Å². The van der Waals surface area contributed by atoms with Gasteiger partial charge in [-0.15, -0.1) is 0 Å². The lowest BCUT2D eigenvalue weighted by Crippen LogP contribution is -2.45. The summed E-state index contributed by atoms with van der Waals surface area (Å²) in [4.78, 5) is 0.0240. The fourth-order valence-corrected chi connectivity index (χ4v) is 5.30. The van der Waals surface area contributed by atoms with Crippen molar-refractivity contribution in [1.29, 1.82) is 0 Å². The van der Waals surface area contributed by atoms with Gasteiger partial charge in [0.2, 0.25) is 10.0 Å². The van der Waals surface area contributed by atoms with Gasteiger partial charge in [-0.2, -0.15) is 0 Å². The van der Waals surface area contributed by atoms with Crippen LogP contribution in [0.15, 0.2) is 26.0 Å². The highest BCUT2D eigenvalue weighted by atomic mass is 79.9. The highest BCUT2D eigenvalue weighted by molar-refractivity contribution is 9.11. The van der Waals surface area contributed by atoms with Crippen LogP contribution in [0.4, 0.5) is 5.69 Å². The molecule has 118 valence electrons. The highest BCUT2D eigenvalue weighted by Gasteiger charge is 2.36. The number of ether oxygens (including phenoxy) is 2. The van der Waals surface area contributed by atoms with Gasteiger partial charge in [-0.05, 0) is 28.1 Å². The smallest absolute Gasteiger partial charge is 0.243 e. The zero-order valence-corrected chi connectivity index (χ0v) is 15.3. The van der Waals surface area contributed by atoms with Crippen LogP contribution in [0.1, 0.15) is 6.42 Å². The van der Waals surface area contributed by atoms with Crippen LogP contribution in [0.5, 0.6) is 0 Å². The SMILES string of the molecule is COC1(CNS(=O)(=O)c2c(N)cc(Br)cc2Br)CCOC1. The molecule has 3 N–H and O–H groups in total. The summed E-state index contributed by atoms with van der Waals surface area (Å²) in [5, 5.41) is 0. The van der Waals surface area contributed by atoms with E-state index in [1.165, 1.54) is 0 Å². The standard InChI is InChI=1S/C12H16Br2N2O4S/c1-19-12(2-3-20-7-12)6-16-21(17,18)11-9(14)4-8(13)5-10(11)15/h4-5,16H,2-3,6-7,15H2,1H3. The molecular weight excluding hydrogens is 428 g/mol. The van der Waals surface area contributed by atoms with Gasteiger partial charge in [0.05, 0.1) is 12.3 Å². The van der Waals surface area contributed by atoms with Crippen molar-refractivity contribution in [2.45, 2.75) is 16.9 Å². The number of methoxy groups -OCH3 is 1. The Hall–Kier alpha value is -0.190. The van der Waals surface area contributed by atoms with Crippen molar-refractivity contribution in [3.63, 3.8) is 0 Å². The summed E-state index contributed by atoms with van der Waals surface area (Å²) in [5.41, 5.74) is 5.37. The van der Waals surface area contributed by atoms with Gasteiger partial charge in [0.25, 0.3) is 0 Å². The summed E-state index contributed by atoms with van der Waals surface area (Å²) in [6.45, 7) is 1.05. The molecule has 0 aliphatic carbocycles. The average Bonchev–Trinajstić information content (AvgIpc) is 2.84. The fraction of sp³-hybridized carbons (Fsp3) is 0.500. The zero-order chi connectivity index (χ0) is 15.7. The number of hydrogen-bond acceptors (Lipinski definition) is 5. The van der Waals surface area contributed by atoms with Crippen LogP contribution in [0, 0.1) is 0 Å². The second-order valence-electron chi connectivity index (χ2n) is 4.82. The van der Waals surface area contributed by atoms with E-state index >= 15 is 0 Å². The monoisotopic (exact) mass is 442 g/mol. The van der Waals surface area contributed by atoms with Gasteiger partial charge in [-0.25, -0.2) is 13.1 Å². The van der Waals surface area contributed by atoms with Gasteiger partial charge in [-0.1, -0.05) is 15.9 Å². The molecule has 0 spiro atoms. The molecule has 1 aliphatic heterocycles. The molecule has 1 unspecified atom stereocenters. The lowest BCUT2D eigenvalue weighted by molar-refractivity contribution is -0.0120. The molecule has 9 heteroatoms. The van der Waals surface area contributed by atoms with E-state index in [1.54, 1.807) is 19.2 Å². The Bertz CT molecular complexity index is 607. The topological polar surface area (TPSA) is 90.7 Å². The van der Waals surface area contributed by atoms with Crippen molar-refractivity contribution in [2.75, 3.05) is 32.6 Å². The quantitative estimate of drug-likeness (QED) is 0.678. The maximum Gasteiger partial charge on any atom is 0.243 e. The molecule has 1 aliphatic rings. The van der Waals surface area contributed by atoms with E-state index in [0.29, 0.717) is 28.6 Å². The van der Waals surface area contributed by atoms with Crippen molar-refractivity contribution in [1.82, 2.24) is 4.72 Å². The number of hydrogen-bond donors (Lipinski definition) is 2. The lowest BCUT2D eigenvalue weighted by atomic mass is 10.0. The summed E-state index contributed by atoms with van der Waals surface area (Å²) < 4.78 is 39.3. The van der Waals surface area contributed by atoms with Gasteiger partial charge >= 0.3 is 0 Å². The molecule has 0 bridgehead atoms. The van der Waals surface area contributed by atoms with E-state index < -0.39 is 15.6 Å². The molecule has 0 radical (unpaired) electrons. The molecule has 1 heterocycles. The Morgan fingerprint density at radius 3 is 2.71 bits per heavy atom. The van der Waals surface area contributed by atoms with Crippen LogP contribution in [0.25, 0.3) is 0 Å². The molecule has 1 fully saturated rings. The summed E-state index contributed by atoms with van der Waals surface area (Å²) in [6.07, 6.45) is 0.642. The van der Waals surface area contributed by atoms with Crippen molar-refractivity contribution < 1.29 is 17.9 Å². The van der Waals surface area contributed by atoms with Gasteiger partial charge in [-0.3, -0.25) is 0 Å². The first kappa shape index (κ1) is 17.2. The average molecular weight is 444 g/mol. The normalized spacial score (nSPS) is 22.6. The van der Waals surface area contributed by atoms with E-state index in [0.717, 1.165) is 0 Å². The number of nitrogen functional groups attached to an aromatic ring is 1. The van der Waals surface area contributed by atoms with E-state index in [-0.39, 0.29) is 17.1 Å². The first-order valence-electron chi connectivity index (χ1n) is 6.17. The number of sulfonamides is 1. The predicted molar refractivity (Wildman–Crippen MR) is 86.6 cm³/mol. The first-order valence-corrected chi connectivity index (χ1v) is 9.24. The van der Waals surface area contributed by atoms with Crippen molar-refractivity contribution >= 4 is 47.6 Å². The number of nitrogens with one attached hydrogen (secondary N) is 1. The molecule has 1 saturated heterocycles. The molecule has 1 atom stereocenters. The third kappa shape index (κ3) is 3.77. The summed E-state index contributed by atoms with van der Waals surface area (Å²) >= 11 is 6.50.